The molecule has 1 amide bonds. The molecule has 0 spiro atoms. The minimum absolute atomic E-state index is 0.0682. The zero-order valence-corrected chi connectivity index (χ0v) is 27.8. The van der Waals surface area contributed by atoms with Crippen molar-refractivity contribution in [2.24, 2.45) is 5.92 Å². The Morgan fingerprint density at radius 1 is 0.952 bits per heavy atom. The molecule has 2 atom stereocenters. The van der Waals surface area contributed by atoms with Crippen molar-refractivity contribution in [1.82, 2.24) is 5.32 Å². The van der Waals surface area contributed by atoms with E-state index < -0.39 is 26.2 Å². The van der Waals surface area contributed by atoms with Gasteiger partial charge >= 0.3 is 5.97 Å². The summed E-state index contributed by atoms with van der Waals surface area (Å²) in [7, 11) is 2.17. The van der Waals surface area contributed by atoms with Crippen LogP contribution in [0.1, 0.15) is 69.2 Å². The van der Waals surface area contributed by atoms with E-state index >= 15 is 0 Å². The zero-order valence-electron chi connectivity index (χ0n) is 26.8. The number of nitrogens with one attached hydrogen (secondary N) is 1. The number of carbonyl (C=O) groups excluding carboxylic acids is 3. The second kappa shape index (κ2) is 15.9. The number of amides is 1. The highest BCUT2D eigenvalue weighted by molar-refractivity contribution is 6.74. The number of hydrogen-bond donors (Lipinski definition) is 1. The maximum atomic E-state index is 13.3. The van der Waals surface area contributed by atoms with Crippen LogP contribution < -0.4 is 14.8 Å². The Balaban J connectivity index is 2.47. The molecule has 0 aliphatic carbocycles. The molecule has 0 heterocycles. The average molecular weight is 600 g/mol. The smallest absolute Gasteiger partial charge is 0.313 e. The van der Waals surface area contributed by atoms with Gasteiger partial charge in [0.1, 0.15) is 17.9 Å². The summed E-state index contributed by atoms with van der Waals surface area (Å²) < 4.78 is 23.1. The lowest BCUT2D eigenvalue weighted by Crippen LogP contribution is -2.43. The first-order valence-electron chi connectivity index (χ1n) is 14.5. The molecule has 2 rings (SSSR count). The van der Waals surface area contributed by atoms with Gasteiger partial charge in [0.25, 0.3) is 0 Å². The van der Waals surface area contributed by atoms with Gasteiger partial charge < -0.3 is 24.0 Å². The van der Waals surface area contributed by atoms with Crippen molar-refractivity contribution in [3.63, 3.8) is 0 Å². The molecule has 8 nitrogen and oxygen atoms in total. The van der Waals surface area contributed by atoms with Gasteiger partial charge in [-0.2, -0.15) is 0 Å². The summed E-state index contributed by atoms with van der Waals surface area (Å²) in [4.78, 5) is 36.9. The maximum Gasteiger partial charge on any atom is 0.313 e. The van der Waals surface area contributed by atoms with Gasteiger partial charge in [0.2, 0.25) is 5.91 Å². The molecule has 0 bridgehead atoms. The SMILES string of the molecule is COC(=O)CC(=O)CNC(=O)C[C@H](CCCc1ccccc1)C(O[Si](C)(C)C(C)(C)C)c1cc(OC)c(C)c(OC)c1. The molecule has 0 aliphatic heterocycles. The summed E-state index contributed by atoms with van der Waals surface area (Å²) in [5, 5.41) is 2.65. The van der Waals surface area contributed by atoms with Crippen LogP contribution in [0.2, 0.25) is 18.1 Å². The number of aryl methyl sites for hydroxylation is 1. The van der Waals surface area contributed by atoms with Gasteiger partial charge in [-0.1, -0.05) is 51.1 Å². The second-order valence-corrected chi connectivity index (χ2v) is 17.0. The lowest BCUT2D eigenvalue weighted by atomic mass is 9.87. The Kier molecular flexibility index (Phi) is 13.2. The van der Waals surface area contributed by atoms with Gasteiger partial charge in [0, 0.05) is 12.0 Å². The number of benzene rings is 2. The molecule has 2 aromatic rings. The van der Waals surface area contributed by atoms with Crippen LogP contribution in [-0.4, -0.2) is 53.9 Å². The number of methoxy groups -OCH3 is 3. The second-order valence-electron chi connectivity index (χ2n) is 12.3. The van der Waals surface area contributed by atoms with E-state index in [0.717, 1.165) is 30.4 Å². The van der Waals surface area contributed by atoms with Crippen LogP contribution in [0.5, 0.6) is 11.5 Å². The number of ketones is 1. The van der Waals surface area contributed by atoms with E-state index in [-0.39, 0.29) is 36.2 Å². The van der Waals surface area contributed by atoms with Crippen LogP contribution in [0.3, 0.4) is 0 Å². The third-order valence-electron chi connectivity index (χ3n) is 8.14. The summed E-state index contributed by atoms with van der Waals surface area (Å²) in [6, 6.07) is 14.2. The third kappa shape index (κ3) is 10.3. The summed E-state index contributed by atoms with van der Waals surface area (Å²) in [5.74, 6) is -0.123. The standard InChI is InChI=1S/C33H49NO7Si/c1-23-28(38-5)18-26(19-29(23)39-6)32(41-42(8,9)33(2,3)4)25(17-13-16-24-14-11-10-12-15-24)20-30(36)34-22-27(35)21-31(37)40-7/h10-12,14-15,18-19,25,32H,13,16-17,20-22H2,1-9H3,(H,34,36)/t25-,32?/m0/s1. The summed E-state index contributed by atoms with van der Waals surface area (Å²) in [6.07, 6.45) is 1.79. The molecule has 0 aliphatic rings. The van der Waals surface area contributed by atoms with Gasteiger partial charge in [0.15, 0.2) is 14.1 Å². The maximum absolute atomic E-state index is 13.3. The van der Waals surface area contributed by atoms with Crippen molar-refractivity contribution in [3.8, 4) is 11.5 Å². The van der Waals surface area contributed by atoms with Gasteiger partial charge in [-0.05, 0) is 73.5 Å². The highest BCUT2D eigenvalue weighted by Gasteiger charge is 2.42. The van der Waals surface area contributed by atoms with Crippen molar-refractivity contribution in [3.05, 3.63) is 59.2 Å². The molecule has 9 heteroatoms. The monoisotopic (exact) mass is 599 g/mol. The molecule has 0 fully saturated rings. The molecule has 42 heavy (non-hydrogen) atoms. The molecule has 1 N–H and O–H groups in total. The minimum atomic E-state index is -2.31. The first-order chi connectivity index (χ1) is 19.7. The predicted molar refractivity (Wildman–Crippen MR) is 167 cm³/mol. The van der Waals surface area contributed by atoms with E-state index in [1.165, 1.54) is 12.7 Å². The first kappa shape index (κ1) is 35.0. The average Bonchev–Trinajstić information content (AvgIpc) is 2.94. The van der Waals surface area contributed by atoms with Crippen LogP contribution in [-0.2, 0) is 30.0 Å². The Hall–Kier alpha value is -3.17. The van der Waals surface area contributed by atoms with Crippen LogP contribution in [0, 0.1) is 12.8 Å². The zero-order chi connectivity index (χ0) is 31.5. The fourth-order valence-corrected chi connectivity index (χ4v) is 5.89. The Labute approximate surface area is 252 Å². The summed E-state index contributed by atoms with van der Waals surface area (Å²) in [5.41, 5.74) is 3.00. The van der Waals surface area contributed by atoms with E-state index in [2.05, 4.69) is 56.1 Å². The van der Waals surface area contributed by atoms with E-state index in [4.69, 9.17) is 13.9 Å². The van der Waals surface area contributed by atoms with Crippen LogP contribution in [0.25, 0.3) is 0 Å². The molecule has 0 radical (unpaired) electrons. The van der Waals surface area contributed by atoms with Gasteiger partial charge in [-0.15, -0.1) is 0 Å². The molecule has 232 valence electrons. The molecule has 1 unspecified atom stereocenters. The van der Waals surface area contributed by atoms with Crippen molar-refractivity contribution in [2.45, 2.75) is 84.0 Å². The highest BCUT2D eigenvalue weighted by atomic mass is 28.4. The quantitative estimate of drug-likeness (QED) is 0.136. The molecule has 0 aromatic heterocycles. The van der Waals surface area contributed by atoms with E-state index in [9.17, 15) is 14.4 Å². The number of ether oxygens (including phenoxy) is 3. The number of Topliss-reactive ketones (excluding diaryl/α,β-unsaturated/α-hetero) is 1. The highest BCUT2D eigenvalue weighted by Crippen LogP contribution is 2.45. The molecular formula is C33H49NO7Si. The van der Waals surface area contributed by atoms with Gasteiger partial charge in [0.05, 0.1) is 34.0 Å². The number of carbonyl (C=O) groups is 3. The molecule has 0 saturated carbocycles. The Morgan fingerprint density at radius 3 is 2.07 bits per heavy atom. The van der Waals surface area contributed by atoms with E-state index in [1.807, 2.05) is 37.3 Å². The largest absolute Gasteiger partial charge is 0.496 e. The number of hydrogen-bond acceptors (Lipinski definition) is 7. The lowest BCUT2D eigenvalue weighted by Gasteiger charge is -2.42. The minimum Gasteiger partial charge on any atom is -0.496 e. The van der Waals surface area contributed by atoms with Crippen LogP contribution in [0.15, 0.2) is 42.5 Å². The summed E-state index contributed by atoms with van der Waals surface area (Å²) >= 11 is 0. The fraction of sp³-hybridized carbons (Fsp3) is 0.545. The molecule has 2 aromatic carbocycles. The molecule has 0 saturated heterocycles. The number of rotatable bonds is 16. The predicted octanol–water partition coefficient (Wildman–Crippen LogP) is 6.35. The Morgan fingerprint density at radius 2 is 1.55 bits per heavy atom. The van der Waals surface area contributed by atoms with Crippen LogP contribution in [0.4, 0.5) is 0 Å². The van der Waals surface area contributed by atoms with E-state index in [1.54, 1.807) is 14.2 Å². The Bertz CT molecular complexity index is 1170. The van der Waals surface area contributed by atoms with Crippen molar-refractivity contribution < 1.29 is 33.0 Å². The van der Waals surface area contributed by atoms with Crippen LogP contribution >= 0.6 is 0 Å². The van der Waals surface area contributed by atoms with Crippen molar-refractivity contribution in [2.75, 3.05) is 27.9 Å². The van der Waals surface area contributed by atoms with Gasteiger partial charge in [-0.25, -0.2) is 0 Å². The third-order valence-corrected chi connectivity index (χ3v) is 12.6. The number of esters is 1. The van der Waals surface area contributed by atoms with E-state index in [0.29, 0.717) is 11.5 Å². The van der Waals surface area contributed by atoms with Crippen molar-refractivity contribution in [1.29, 1.82) is 0 Å². The molecular weight excluding hydrogens is 550 g/mol. The lowest BCUT2D eigenvalue weighted by molar-refractivity contribution is -0.143. The first-order valence-corrected chi connectivity index (χ1v) is 17.4. The fourth-order valence-electron chi connectivity index (χ4n) is 4.58. The summed E-state index contributed by atoms with van der Waals surface area (Å²) in [6.45, 7) is 12.7. The normalized spacial score (nSPS) is 13.2. The van der Waals surface area contributed by atoms with Crippen molar-refractivity contribution >= 4 is 26.0 Å². The van der Waals surface area contributed by atoms with Gasteiger partial charge in [-0.3, -0.25) is 14.4 Å². The topological polar surface area (TPSA) is 100 Å².